The van der Waals surface area contributed by atoms with Crippen molar-refractivity contribution in [3.63, 3.8) is 0 Å². The Bertz CT molecular complexity index is 820. The number of nitrogens with zero attached hydrogens (tertiary/aromatic N) is 5. The Morgan fingerprint density at radius 1 is 1.34 bits per heavy atom. The van der Waals surface area contributed by atoms with Crippen LogP contribution in [0.2, 0.25) is 0 Å². The molecule has 0 amide bonds. The Hall–Kier alpha value is -2.90. The van der Waals surface area contributed by atoms with Crippen molar-refractivity contribution in [1.82, 2.24) is 25.2 Å². The zero-order valence-corrected chi connectivity index (χ0v) is 17.4. The first-order valence-electron chi connectivity index (χ1n) is 10.1. The largest absolute Gasteiger partial charge is 0.468 e. The smallest absolute Gasteiger partial charge is 0.327 e. The van der Waals surface area contributed by atoms with Crippen LogP contribution in [-0.4, -0.2) is 59.1 Å². The monoisotopic (exact) mass is 398 g/mol. The number of methoxy groups -OCH3 is 1. The molecular weight excluding hydrogens is 368 g/mol. The highest BCUT2D eigenvalue weighted by atomic mass is 16.5. The van der Waals surface area contributed by atoms with Gasteiger partial charge >= 0.3 is 5.97 Å². The standard InChI is InChI=1S/C21H30N6O2/c1-4-16-13-26(11-10-19(16)17-8-6-5-7-9-17)21(22-2)23-12-18-14-27(25-24-18)15-20(28)29-3/h5-9,14,16,19H,4,10-13,15H2,1-3H3,(H,22,23). The van der Waals surface area contributed by atoms with Crippen molar-refractivity contribution in [2.75, 3.05) is 27.2 Å². The number of piperidine rings is 1. The lowest BCUT2D eigenvalue weighted by Gasteiger charge is -2.40. The molecule has 2 aromatic rings. The Labute approximate surface area is 172 Å². The number of rotatable bonds is 6. The van der Waals surface area contributed by atoms with Gasteiger partial charge in [0.25, 0.3) is 0 Å². The summed E-state index contributed by atoms with van der Waals surface area (Å²) in [6.45, 7) is 4.77. The number of guanidine groups is 1. The van der Waals surface area contributed by atoms with Gasteiger partial charge in [-0.15, -0.1) is 5.10 Å². The molecule has 0 radical (unpaired) electrons. The summed E-state index contributed by atoms with van der Waals surface area (Å²) in [5, 5.41) is 11.4. The molecule has 0 bridgehead atoms. The Balaban J connectivity index is 1.57. The third kappa shape index (κ3) is 5.34. The average Bonchev–Trinajstić information content (AvgIpc) is 3.21. The molecule has 29 heavy (non-hydrogen) atoms. The van der Waals surface area contributed by atoms with Gasteiger partial charge in [-0.2, -0.15) is 0 Å². The highest BCUT2D eigenvalue weighted by Crippen LogP contribution is 2.34. The molecule has 156 valence electrons. The number of esters is 1. The van der Waals surface area contributed by atoms with Crippen LogP contribution in [0.25, 0.3) is 0 Å². The number of hydrogen-bond acceptors (Lipinski definition) is 5. The van der Waals surface area contributed by atoms with Crippen molar-refractivity contribution in [3.05, 3.63) is 47.8 Å². The first-order chi connectivity index (χ1) is 14.1. The van der Waals surface area contributed by atoms with E-state index in [9.17, 15) is 4.79 Å². The SMILES string of the molecule is CCC1CN(C(=NC)NCc2cn(CC(=O)OC)nn2)CCC1c1ccccc1. The molecule has 8 heteroatoms. The van der Waals surface area contributed by atoms with E-state index in [2.05, 4.69) is 67.5 Å². The zero-order valence-electron chi connectivity index (χ0n) is 17.4. The highest BCUT2D eigenvalue weighted by molar-refractivity contribution is 5.80. The van der Waals surface area contributed by atoms with E-state index in [1.807, 2.05) is 0 Å². The van der Waals surface area contributed by atoms with E-state index in [1.54, 1.807) is 13.2 Å². The average molecular weight is 399 g/mol. The van der Waals surface area contributed by atoms with Crippen LogP contribution in [0.5, 0.6) is 0 Å². The number of aliphatic imine (C=N–C) groups is 1. The van der Waals surface area contributed by atoms with Crippen LogP contribution >= 0.6 is 0 Å². The molecule has 3 rings (SSSR count). The number of nitrogens with one attached hydrogen (secondary N) is 1. The maximum Gasteiger partial charge on any atom is 0.327 e. The Kier molecular flexibility index (Phi) is 7.21. The third-order valence-electron chi connectivity index (χ3n) is 5.53. The van der Waals surface area contributed by atoms with Crippen LogP contribution in [0, 0.1) is 5.92 Å². The fraction of sp³-hybridized carbons (Fsp3) is 0.524. The highest BCUT2D eigenvalue weighted by Gasteiger charge is 2.30. The fourth-order valence-corrected chi connectivity index (χ4v) is 3.97. The summed E-state index contributed by atoms with van der Waals surface area (Å²) in [4.78, 5) is 18.1. The van der Waals surface area contributed by atoms with Gasteiger partial charge in [0.2, 0.25) is 0 Å². The molecule has 1 saturated heterocycles. The minimum atomic E-state index is -0.350. The number of hydrogen-bond donors (Lipinski definition) is 1. The van der Waals surface area contributed by atoms with Crippen molar-refractivity contribution >= 4 is 11.9 Å². The molecule has 8 nitrogen and oxygen atoms in total. The molecule has 1 aromatic heterocycles. The lowest BCUT2D eigenvalue weighted by molar-refractivity contribution is -0.141. The number of ether oxygens (including phenoxy) is 1. The summed E-state index contributed by atoms with van der Waals surface area (Å²) in [5.41, 5.74) is 2.19. The van der Waals surface area contributed by atoms with E-state index in [1.165, 1.54) is 17.4 Å². The summed E-state index contributed by atoms with van der Waals surface area (Å²) in [6, 6.07) is 10.8. The van der Waals surface area contributed by atoms with Crippen molar-refractivity contribution in [1.29, 1.82) is 0 Å². The number of carbonyl (C=O) groups excluding carboxylic acids is 1. The second-order valence-corrected chi connectivity index (χ2v) is 7.30. The maximum absolute atomic E-state index is 11.3. The van der Waals surface area contributed by atoms with Gasteiger partial charge in [-0.25, -0.2) is 4.68 Å². The van der Waals surface area contributed by atoms with Gasteiger partial charge in [-0.3, -0.25) is 9.79 Å². The quantitative estimate of drug-likeness (QED) is 0.455. The van der Waals surface area contributed by atoms with Crippen LogP contribution in [-0.2, 0) is 22.6 Å². The van der Waals surface area contributed by atoms with Gasteiger partial charge < -0.3 is 15.0 Å². The molecule has 2 atom stereocenters. The molecule has 0 aliphatic carbocycles. The summed E-state index contributed by atoms with van der Waals surface area (Å²) >= 11 is 0. The predicted molar refractivity (Wildman–Crippen MR) is 111 cm³/mol. The van der Waals surface area contributed by atoms with Crippen LogP contribution in [0.4, 0.5) is 0 Å². The van der Waals surface area contributed by atoms with E-state index in [-0.39, 0.29) is 12.5 Å². The molecule has 1 fully saturated rings. The van der Waals surface area contributed by atoms with Crippen molar-refractivity contribution in [2.45, 2.75) is 38.8 Å². The fourth-order valence-electron chi connectivity index (χ4n) is 3.97. The molecule has 2 unspecified atom stereocenters. The van der Waals surface area contributed by atoms with Gasteiger partial charge in [-0.1, -0.05) is 48.9 Å². The third-order valence-corrected chi connectivity index (χ3v) is 5.53. The summed E-state index contributed by atoms with van der Waals surface area (Å²) in [5.74, 6) is 1.70. The van der Waals surface area contributed by atoms with Gasteiger partial charge in [0.15, 0.2) is 5.96 Å². The van der Waals surface area contributed by atoms with Crippen molar-refractivity contribution in [2.24, 2.45) is 10.9 Å². The van der Waals surface area contributed by atoms with Gasteiger partial charge in [0.1, 0.15) is 12.2 Å². The Morgan fingerprint density at radius 2 is 2.14 bits per heavy atom. The van der Waals surface area contributed by atoms with Crippen LogP contribution < -0.4 is 5.32 Å². The Morgan fingerprint density at radius 3 is 2.83 bits per heavy atom. The molecule has 2 heterocycles. The topological polar surface area (TPSA) is 84.6 Å². The first-order valence-corrected chi connectivity index (χ1v) is 10.1. The lowest BCUT2D eigenvalue weighted by atomic mass is 9.79. The second-order valence-electron chi connectivity index (χ2n) is 7.30. The lowest BCUT2D eigenvalue weighted by Crippen LogP contribution is -2.48. The molecule has 1 aliphatic heterocycles. The summed E-state index contributed by atoms with van der Waals surface area (Å²) in [6.07, 6.45) is 3.99. The van der Waals surface area contributed by atoms with Crippen LogP contribution in [0.3, 0.4) is 0 Å². The summed E-state index contributed by atoms with van der Waals surface area (Å²) < 4.78 is 6.13. The number of aromatic nitrogens is 3. The minimum absolute atomic E-state index is 0.0589. The molecule has 1 N–H and O–H groups in total. The second kappa shape index (κ2) is 10.0. The van der Waals surface area contributed by atoms with Crippen LogP contribution in [0.15, 0.2) is 41.5 Å². The predicted octanol–water partition coefficient (Wildman–Crippen LogP) is 2.04. The molecular formula is C21H30N6O2. The van der Waals surface area contributed by atoms with E-state index in [0.717, 1.165) is 37.6 Å². The normalized spacial score (nSPS) is 19.8. The molecule has 0 spiro atoms. The van der Waals surface area contributed by atoms with Crippen molar-refractivity contribution in [3.8, 4) is 0 Å². The van der Waals surface area contributed by atoms with E-state index >= 15 is 0 Å². The number of carbonyl (C=O) groups is 1. The number of likely N-dealkylation sites (tertiary alicyclic amines) is 1. The summed E-state index contributed by atoms with van der Waals surface area (Å²) in [7, 11) is 3.16. The zero-order chi connectivity index (χ0) is 20.6. The molecule has 1 aliphatic rings. The van der Waals surface area contributed by atoms with Gasteiger partial charge in [0, 0.05) is 20.1 Å². The van der Waals surface area contributed by atoms with Gasteiger partial charge in [0.05, 0.1) is 19.9 Å². The van der Waals surface area contributed by atoms with E-state index in [0.29, 0.717) is 18.4 Å². The van der Waals surface area contributed by atoms with Crippen molar-refractivity contribution < 1.29 is 9.53 Å². The first kappa shape index (κ1) is 20.8. The minimum Gasteiger partial charge on any atom is -0.468 e. The van der Waals surface area contributed by atoms with Gasteiger partial charge in [-0.05, 0) is 23.8 Å². The number of benzene rings is 1. The molecule has 0 saturated carbocycles. The maximum atomic E-state index is 11.3. The molecule has 1 aromatic carbocycles. The van der Waals surface area contributed by atoms with E-state index < -0.39 is 0 Å². The van der Waals surface area contributed by atoms with E-state index in [4.69, 9.17) is 0 Å². The van der Waals surface area contributed by atoms with Crippen LogP contribution in [0.1, 0.15) is 36.9 Å².